The Bertz CT molecular complexity index is 711. The Morgan fingerprint density at radius 3 is 2.03 bits per heavy atom. The third-order valence-corrected chi connectivity index (χ3v) is 4.44. The molecule has 0 aromatic heterocycles. The third kappa shape index (κ3) is 8.51. The number of alkyl carbamates (subject to hydrolysis) is 1. The summed E-state index contributed by atoms with van der Waals surface area (Å²) in [6.45, 7) is 7.70. The van der Waals surface area contributed by atoms with Crippen molar-refractivity contribution in [3.05, 3.63) is 71.8 Å². The molecule has 0 saturated heterocycles. The maximum absolute atomic E-state index is 14.7. The summed E-state index contributed by atoms with van der Waals surface area (Å²) < 4.78 is 25.4. The molecule has 0 saturated carbocycles. The molecule has 164 valence electrons. The number of hydrogen-bond donors (Lipinski definition) is 2. The first-order valence-electron chi connectivity index (χ1n) is 10.3. The number of rotatable bonds is 10. The van der Waals surface area contributed by atoms with Crippen LogP contribution in [-0.2, 0) is 9.47 Å². The zero-order valence-corrected chi connectivity index (χ0v) is 18.2. The molecule has 2 aromatic rings. The first-order valence-corrected chi connectivity index (χ1v) is 10.3. The fourth-order valence-corrected chi connectivity index (χ4v) is 2.93. The van der Waals surface area contributed by atoms with Gasteiger partial charge in [-0.1, -0.05) is 60.7 Å². The second-order valence-electron chi connectivity index (χ2n) is 8.18. The standard InChI is InChI=1S/C24H33FN2O3/c1-18(29-16-15-26-23(28)30-24(2,3)4)21(25)17-27-22(19-11-7-5-8-12-19)20-13-9-6-10-14-20/h5-14,18,21-22,27H,15-17H2,1-4H3,(H,26,28). The van der Waals surface area contributed by atoms with Crippen molar-refractivity contribution < 1.29 is 18.7 Å². The van der Waals surface area contributed by atoms with Crippen molar-refractivity contribution >= 4 is 6.09 Å². The van der Waals surface area contributed by atoms with E-state index in [1.165, 1.54) is 0 Å². The van der Waals surface area contributed by atoms with E-state index in [2.05, 4.69) is 10.6 Å². The van der Waals surface area contributed by atoms with Crippen molar-refractivity contribution in [1.82, 2.24) is 10.6 Å². The molecule has 0 fully saturated rings. The van der Waals surface area contributed by atoms with Crippen molar-refractivity contribution in [2.24, 2.45) is 0 Å². The summed E-state index contributed by atoms with van der Waals surface area (Å²) in [5, 5.41) is 5.93. The van der Waals surface area contributed by atoms with Gasteiger partial charge in [-0.25, -0.2) is 9.18 Å². The molecule has 2 aromatic carbocycles. The summed E-state index contributed by atoms with van der Waals surface area (Å²) in [5.74, 6) is 0. The van der Waals surface area contributed by atoms with Crippen LogP contribution in [0.15, 0.2) is 60.7 Å². The summed E-state index contributed by atoms with van der Waals surface area (Å²) >= 11 is 0. The number of alkyl halides is 1. The van der Waals surface area contributed by atoms with Gasteiger partial charge in [0.2, 0.25) is 0 Å². The molecule has 1 amide bonds. The van der Waals surface area contributed by atoms with Crippen LogP contribution >= 0.6 is 0 Å². The van der Waals surface area contributed by atoms with E-state index in [1.807, 2.05) is 60.7 Å². The van der Waals surface area contributed by atoms with Crippen LogP contribution in [0, 0.1) is 0 Å². The van der Waals surface area contributed by atoms with Gasteiger partial charge in [0.15, 0.2) is 0 Å². The van der Waals surface area contributed by atoms with Gasteiger partial charge in [-0.3, -0.25) is 0 Å². The minimum atomic E-state index is -1.19. The molecule has 6 heteroatoms. The SMILES string of the molecule is CC(OCCNC(=O)OC(C)(C)C)C(F)CNC(c1ccccc1)c1ccccc1. The molecule has 2 atom stereocenters. The number of hydrogen-bond acceptors (Lipinski definition) is 4. The lowest BCUT2D eigenvalue weighted by Gasteiger charge is -2.24. The van der Waals surface area contributed by atoms with Crippen LogP contribution in [0.1, 0.15) is 44.9 Å². The highest BCUT2D eigenvalue weighted by atomic mass is 19.1. The zero-order valence-electron chi connectivity index (χ0n) is 18.2. The zero-order chi connectivity index (χ0) is 22.0. The van der Waals surface area contributed by atoms with Crippen molar-refractivity contribution in [2.45, 2.75) is 51.6 Å². The van der Waals surface area contributed by atoms with E-state index < -0.39 is 24.0 Å². The van der Waals surface area contributed by atoms with E-state index in [-0.39, 0.29) is 25.7 Å². The van der Waals surface area contributed by atoms with Crippen molar-refractivity contribution in [3.63, 3.8) is 0 Å². The molecule has 0 aliphatic carbocycles. The number of benzene rings is 2. The Hall–Kier alpha value is -2.44. The fraction of sp³-hybridized carbons (Fsp3) is 0.458. The van der Waals surface area contributed by atoms with Gasteiger partial charge in [-0.2, -0.15) is 0 Å². The Morgan fingerprint density at radius 1 is 1.00 bits per heavy atom. The number of carbonyl (C=O) groups is 1. The molecule has 2 rings (SSSR count). The van der Waals surface area contributed by atoms with Crippen LogP contribution in [0.2, 0.25) is 0 Å². The van der Waals surface area contributed by atoms with Gasteiger partial charge in [-0.05, 0) is 38.8 Å². The van der Waals surface area contributed by atoms with E-state index in [0.29, 0.717) is 0 Å². The molecule has 0 bridgehead atoms. The van der Waals surface area contributed by atoms with Crippen LogP contribution in [0.4, 0.5) is 9.18 Å². The van der Waals surface area contributed by atoms with Crippen molar-refractivity contribution in [2.75, 3.05) is 19.7 Å². The number of carbonyl (C=O) groups excluding carboxylic acids is 1. The normalized spacial score (nSPS) is 13.7. The second kappa shape index (κ2) is 11.7. The first-order chi connectivity index (χ1) is 14.3. The van der Waals surface area contributed by atoms with Crippen LogP contribution < -0.4 is 10.6 Å². The summed E-state index contributed by atoms with van der Waals surface area (Å²) in [6.07, 6.45) is -2.31. The lowest BCUT2D eigenvalue weighted by molar-refractivity contribution is 0.00876. The van der Waals surface area contributed by atoms with Crippen LogP contribution in [0.3, 0.4) is 0 Å². The lowest BCUT2D eigenvalue weighted by Crippen LogP contribution is -2.38. The molecule has 0 radical (unpaired) electrons. The minimum absolute atomic E-state index is 0.105. The largest absolute Gasteiger partial charge is 0.444 e. The third-order valence-electron chi connectivity index (χ3n) is 4.44. The number of ether oxygens (including phenoxy) is 2. The van der Waals surface area contributed by atoms with Crippen LogP contribution in [-0.4, -0.2) is 43.7 Å². The molecule has 0 aliphatic rings. The summed E-state index contributed by atoms with van der Waals surface area (Å²) in [7, 11) is 0. The van der Waals surface area contributed by atoms with Gasteiger partial charge in [0.1, 0.15) is 11.8 Å². The van der Waals surface area contributed by atoms with E-state index in [9.17, 15) is 9.18 Å². The molecule has 0 aliphatic heterocycles. The Labute approximate surface area is 179 Å². The molecular formula is C24H33FN2O3. The predicted octanol–water partition coefficient (Wildman–Crippen LogP) is 4.63. The Balaban J connectivity index is 1.81. The number of halogens is 1. The van der Waals surface area contributed by atoms with Crippen molar-refractivity contribution in [1.29, 1.82) is 0 Å². The molecule has 2 unspecified atom stereocenters. The predicted molar refractivity (Wildman–Crippen MR) is 117 cm³/mol. The summed E-state index contributed by atoms with van der Waals surface area (Å²) in [4.78, 5) is 11.6. The highest BCUT2D eigenvalue weighted by Gasteiger charge is 2.21. The van der Waals surface area contributed by atoms with Crippen LogP contribution in [0.5, 0.6) is 0 Å². The summed E-state index contributed by atoms with van der Waals surface area (Å²) in [6, 6.07) is 19.8. The first kappa shape index (κ1) is 23.8. The topological polar surface area (TPSA) is 59.6 Å². The van der Waals surface area contributed by atoms with E-state index in [4.69, 9.17) is 9.47 Å². The Morgan fingerprint density at radius 2 is 1.53 bits per heavy atom. The second-order valence-corrected chi connectivity index (χ2v) is 8.18. The Kier molecular flexibility index (Phi) is 9.27. The summed E-state index contributed by atoms with van der Waals surface area (Å²) in [5.41, 5.74) is 1.60. The number of nitrogens with one attached hydrogen (secondary N) is 2. The average molecular weight is 417 g/mol. The average Bonchev–Trinajstić information content (AvgIpc) is 2.71. The lowest BCUT2D eigenvalue weighted by atomic mass is 9.98. The van der Waals surface area contributed by atoms with E-state index >= 15 is 0 Å². The molecular weight excluding hydrogens is 383 g/mol. The molecule has 5 nitrogen and oxygen atoms in total. The monoisotopic (exact) mass is 416 g/mol. The molecule has 0 heterocycles. The van der Waals surface area contributed by atoms with Crippen LogP contribution in [0.25, 0.3) is 0 Å². The van der Waals surface area contributed by atoms with Gasteiger partial charge < -0.3 is 20.1 Å². The maximum Gasteiger partial charge on any atom is 0.407 e. The van der Waals surface area contributed by atoms with E-state index in [0.717, 1.165) is 11.1 Å². The molecule has 2 N–H and O–H groups in total. The highest BCUT2D eigenvalue weighted by Crippen LogP contribution is 2.22. The number of amides is 1. The van der Waals surface area contributed by atoms with Gasteiger partial charge in [0.05, 0.1) is 18.8 Å². The molecule has 0 spiro atoms. The smallest absolute Gasteiger partial charge is 0.407 e. The molecule has 30 heavy (non-hydrogen) atoms. The van der Waals surface area contributed by atoms with Gasteiger partial charge >= 0.3 is 6.09 Å². The quantitative estimate of drug-likeness (QED) is 0.554. The van der Waals surface area contributed by atoms with Gasteiger partial charge in [-0.15, -0.1) is 0 Å². The van der Waals surface area contributed by atoms with Gasteiger partial charge in [0, 0.05) is 13.1 Å². The van der Waals surface area contributed by atoms with Gasteiger partial charge in [0.25, 0.3) is 0 Å². The highest BCUT2D eigenvalue weighted by molar-refractivity contribution is 5.67. The minimum Gasteiger partial charge on any atom is -0.444 e. The van der Waals surface area contributed by atoms with Crippen molar-refractivity contribution in [3.8, 4) is 0 Å². The maximum atomic E-state index is 14.7. The van der Waals surface area contributed by atoms with E-state index in [1.54, 1.807) is 27.7 Å². The fourth-order valence-electron chi connectivity index (χ4n) is 2.93.